The Hall–Kier alpha value is -1.49. The van der Waals surface area contributed by atoms with E-state index in [4.69, 9.17) is 5.11 Å². The number of rotatable bonds is 6. The van der Waals surface area contributed by atoms with E-state index in [9.17, 15) is 9.59 Å². The second-order valence-corrected chi connectivity index (χ2v) is 6.40. The van der Waals surface area contributed by atoms with Gasteiger partial charge in [0.15, 0.2) is 0 Å². The molecule has 5 heteroatoms. The van der Waals surface area contributed by atoms with E-state index in [1.807, 2.05) is 35.2 Å². The highest BCUT2D eigenvalue weighted by molar-refractivity contribution is 8.00. The lowest BCUT2D eigenvalue weighted by atomic mass is 10.1. The molecule has 1 aliphatic rings. The number of likely N-dealkylation sites (tertiary alicyclic amines) is 1. The summed E-state index contributed by atoms with van der Waals surface area (Å²) in [7, 11) is 0. The van der Waals surface area contributed by atoms with Crippen LogP contribution in [0.4, 0.5) is 0 Å². The molecule has 2 rings (SSSR count). The lowest BCUT2D eigenvalue weighted by molar-refractivity contribution is -0.136. The fourth-order valence-electron chi connectivity index (χ4n) is 2.48. The molecule has 0 radical (unpaired) electrons. The van der Waals surface area contributed by atoms with E-state index in [0.29, 0.717) is 5.75 Å². The van der Waals surface area contributed by atoms with Gasteiger partial charge in [-0.25, -0.2) is 0 Å². The van der Waals surface area contributed by atoms with Crippen LogP contribution in [0.15, 0.2) is 30.3 Å². The number of benzene rings is 1. The first kappa shape index (κ1) is 15.9. The average molecular weight is 307 g/mol. The van der Waals surface area contributed by atoms with E-state index < -0.39 is 5.97 Å². The Bertz CT molecular complexity index is 472. The van der Waals surface area contributed by atoms with Gasteiger partial charge in [-0.05, 0) is 24.8 Å². The molecule has 114 valence electrons. The number of hydrogen-bond acceptors (Lipinski definition) is 3. The number of piperidine rings is 1. The maximum absolute atomic E-state index is 12.7. The van der Waals surface area contributed by atoms with Crippen LogP contribution in [0, 0.1) is 0 Å². The van der Waals surface area contributed by atoms with E-state index in [2.05, 4.69) is 0 Å². The molecule has 1 N–H and O–H groups in total. The number of carboxylic acids is 1. The third-order valence-corrected chi connectivity index (χ3v) is 4.84. The van der Waals surface area contributed by atoms with E-state index >= 15 is 0 Å². The molecule has 4 nitrogen and oxygen atoms in total. The number of thioether (sulfide) groups is 1. The summed E-state index contributed by atoms with van der Waals surface area (Å²) >= 11 is 1.43. The minimum atomic E-state index is -0.820. The average Bonchev–Trinajstić information content (AvgIpc) is 2.52. The minimum absolute atomic E-state index is 0.0846. The normalized spacial score (nSPS) is 16.5. The molecule has 1 amide bonds. The smallest absolute Gasteiger partial charge is 0.304 e. The van der Waals surface area contributed by atoms with Gasteiger partial charge in [0.2, 0.25) is 5.91 Å². The molecule has 1 aromatic carbocycles. The Kier molecular flexibility index (Phi) is 6.11. The zero-order valence-electron chi connectivity index (χ0n) is 12.0. The van der Waals surface area contributed by atoms with Gasteiger partial charge in [0.1, 0.15) is 5.25 Å². The molecule has 1 aromatic rings. The molecule has 1 heterocycles. The standard InChI is InChI=1S/C16H21NO3S/c18-14(19)9-12-21-15(13-7-3-1-4-8-13)16(20)17-10-5-2-6-11-17/h1,3-4,7-8,15H,2,5-6,9-12H2,(H,18,19). The first-order valence-electron chi connectivity index (χ1n) is 7.35. The molecule has 0 aromatic heterocycles. The number of carbonyl (C=O) groups excluding carboxylic acids is 1. The molecule has 0 bridgehead atoms. The monoisotopic (exact) mass is 307 g/mol. The van der Waals surface area contributed by atoms with Gasteiger partial charge in [0.05, 0.1) is 6.42 Å². The second-order valence-electron chi connectivity index (χ2n) is 5.19. The predicted octanol–water partition coefficient (Wildman–Crippen LogP) is 2.95. The fourth-order valence-corrected chi connectivity index (χ4v) is 3.65. The van der Waals surface area contributed by atoms with Crippen molar-refractivity contribution in [1.29, 1.82) is 0 Å². The highest BCUT2D eigenvalue weighted by atomic mass is 32.2. The van der Waals surface area contributed by atoms with Crippen molar-refractivity contribution in [3.63, 3.8) is 0 Å². The van der Waals surface area contributed by atoms with Crippen LogP contribution in [0.3, 0.4) is 0 Å². The van der Waals surface area contributed by atoms with Crippen LogP contribution < -0.4 is 0 Å². The number of nitrogens with zero attached hydrogens (tertiary/aromatic N) is 1. The van der Waals surface area contributed by atoms with Crippen molar-refractivity contribution >= 4 is 23.6 Å². The molecule has 21 heavy (non-hydrogen) atoms. The van der Waals surface area contributed by atoms with Crippen molar-refractivity contribution < 1.29 is 14.7 Å². The van der Waals surface area contributed by atoms with Crippen molar-refractivity contribution in [2.24, 2.45) is 0 Å². The van der Waals surface area contributed by atoms with Gasteiger partial charge in [-0.3, -0.25) is 9.59 Å². The van der Waals surface area contributed by atoms with Gasteiger partial charge in [-0.2, -0.15) is 0 Å². The van der Waals surface area contributed by atoms with Crippen LogP contribution in [0.2, 0.25) is 0 Å². The lowest BCUT2D eigenvalue weighted by Crippen LogP contribution is -2.38. The summed E-state index contributed by atoms with van der Waals surface area (Å²) in [6, 6.07) is 9.65. The predicted molar refractivity (Wildman–Crippen MR) is 84.3 cm³/mol. The number of carboxylic acid groups (broad SMARTS) is 1. The van der Waals surface area contributed by atoms with Crippen LogP contribution in [0.25, 0.3) is 0 Å². The molecule has 1 aliphatic heterocycles. The zero-order chi connectivity index (χ0) is 15.1. The topological polar surface area (TPSA) is 57.6 Å². The summed E-state index contributed by atoms with van der Waals surface area (Å²) in [5, 5.41) is 8.49. The number of aliphatic carboxylic acids is 1. The van der Waals surface area contributed by atoms with Crippen LogP contribution in [-0.4, -0.2) is 40.7 Å². The molecule has 1 atom stereocenters. The highest BCUT2D eigenvalue weighted by Gasteiger charge is 2.27. The first-order chi connectivity index (χ1) is 10.2. The van der Waals surface area contributed by atoms with Gasteiger partial charge in [0.25, 0.3) is 0 Å². The van der Waals surface area contributed by atoms with Crippen molar-refractivity contribution in [2.75, 3.05) is 18.8 Å². The molecule has 1 fully saturated rings. The molecule has 0 aliphatic carbocycles. The van der Waals surface area contributed by atoms with E-state index in [1.54, 1.807) is 0 Å². The van der Waals surface area contributed by atoms with Crippen molar-refractivity contribution in [3.8, 4) is 0 Å². The van der Waals surface area contributed by atoms with Crippen LogP contribution >= 0.6 is 11.8 Å². The third kappa shape index (κ3) is 4.77. The van der Waals surface area contributed by atoms with Gasteiger partial charge in [0, 0.05) is 18.8 Å². The number of carbonyl (C=O) groups is 2. The molecular formula is C16H21NO3S. The van der Waals surface area contributed by atoms with Crippen LogP contribution in [-0.2, 0) is 9.59 Å². The van der Waals surface area contributed by atoms with E-state index in [1.165, 1.54) is 18.2 Å². The molecule has 0 spiro atoms. The minimum Gasteiger partial charge on any atom is -0.481 e. The Morgan fingerprint density at radius 1 is 1.14 bits per heavy atom. The van der Waals surface area contributed by atoms with Crippen LogP contribution in [0.5, 0.6) is 0 Å². The van der Waals surface area contributed by atoms with Gasteiger partial charge >= 0.3 is 5.97 Å². The molecule has 0 saturated carbocycles. The van der Waals surface area contributed by atoms with Crippen LogP contribution in [0.1, 0.15) is 36.5 Å². The Labute approximate surface area is 129 Å². The largest absolute Gasteiger partial charge is 0.481 e. The summed E-state index contributed by atoms with van der Waals surface area (Å²) in [6.45, 7) is 1.64. The molecule has 1 saturated heterocycles. The lowest BCUT2D eigenvalue weighted by Gasteiger charge is -2.30. The summed E-state index contributed by atoms with van der Waals surface area (Å²) in [5.41, 5.74) is 0.962. The van der Waals surface area contributed by atoms with Gasteiger partial charge in [-0.15, -0.1) is 11.8 Å². The highest BCUT2D eigenvalue weighted by Crippen LogP contribution is 2.32. The van der Waals surface area contributed by atoms with Crippen molar-refractivity contribution in [3.05, 3.63) is 35.9 Å². The van der Waals surface area contributed by atoms with Crippen molar-refractivity contribution in [1.82, 2.24) is 4.90 Å². The van der Waals surface area contributed by atoms with E-state index in [0.717, 1.165) is 31.5 Å². The fraction of sp³-hybridized carbons (Fsp3) is 0.500. The van der Waals surface area contributed by atoms with Gasteiger partial charge in [-0.1, -0.05) is 30.3 Å². The first-order valence-corrected chi connectivity index (χ1v) is 8.40. The maximum Gasteiger partial charge on any atom is 0.304 e. The quantitative estimate of drug-likeness (QED) is 0.878. The number of hydrogen-bond donors (Lipinski definition) is 1. The molecular weight excluding hydrogens is 286 g/mol. The maximum atomic E-state index is 12.7. The Morgan fingerprint density at radius 3 is 2.43 bits per heavy atom. The summed E-state index contributed by atoms with van der Waals surface area (Å²) in [5.74, 6) is -0.245. The summed E-state index contributed by atoms with van der Waals surface area (Å²) in [4.78, 5) is 25.3. The summed E-state index contributed by atoms with van der Waals surface area (Å²) in [6.07, 6.45) is 3.40. The second kappa shape index (κ2) is 8.08. The number of amides is 1. The zero-order valence-corrected chi connectivity index (χ0v) is 12.8. The summed E-state index contributed by atoms with van der Waals surface area (Å²) < 4.78 is 0. The van der Waals surface area contributed by atoms with Crippen molar-refractivity contribution in [2.45, 2.75) is 30.9 Å². The molecule has 1 unspecified atom stereocenters. The Morgan fingerprint density at radius 2 is 1.81 bits per heavy atom. The third-order valence-electron chi connectivity index (χ3n) is 3.59. The van der Waals surface area contributed by atoms with Gasteiger partial charge < -0.3 is 10.0 Å². The Balaban J connectivity index is 2.06. The SMILES string of the molecule is O=C(O)CCSC(C(=O)N1CCCCC1)c1ccccc1. The van der Waals surface area contributed by atoms with E-state index in [-0.39, 0.29) is 17.6 Å².